The lowest BCUT2D eigenvalue weighted by Crippen LogP contribution is -2.17. The number of halogens is 3. The van der Waals surface area contributed by atoms with Crippen LogP contribution in [0.2, 0.25) is 0 Å². The summed E-state index contributed by atoms with van der Waals surface area (Å²) >= 11 is 0. The van der Waals surface area contributed by atoms with Crippen LogP contribution in [0.5, 0.6) is 17.2 Å². The van der Waals surface area contributed by atoms with Crippen LogP contribution < -0.4 is 4.74 Å². The van der Waals surface area contributed by atoms with Gasteiger partial charge in [-0.2, -0.15) is 0 Å². The minimum Gasteiger partial charge on any atom is -0.508 e. The van der Waals surface area contributed by atoms with Crippen LogP contribution in [0.15, 0.2) is 77.3 Å². The van der Waals surface area contributed by atoms with E-state index in [2.05, 4.69) is 9.89 Å². The van der Waals surface area contributed by atoms with Crippen molar-refractivity contribution in [1.82, 2.24) is 5.16 Å². The number of alkyl halides is 3. The molecule has 0 saturated carbocycles. The molecule has 0 amide bonds. The zero-order valence-electron chi connectivity index (χ0n) is 15.2. The summed E-state index contributed by atoms with van der Waals surface area (Å²) in [6.07, 6.45) is -4.82. The maximum absolute atomic E-state index is 12.6. The van der Waals surface area contributed by atoms with Gasteiger partial charge in [-0.25, -0.2) is 0 Å². The Hall–Kier alpha value is -3.94. The molecule has 0 aliphatic carbocycles. The van der Waals surface area contributed by atoms with E-state index in [1.165, 1.54) is 42.5 Å². The van der Waals surface area contributed by atoms with E-state index in [1.54, 1.807) is 30.3 Å². The van der Waals surface area contributed by atoms with Gasteiger partial charge < -0.3 is 19.5 Å². The molecule has 4 aromatic rings. The normalized spacial score (nSPS) is 11.4. The number of phenols is 2. The number of hydrogen-bond acceptors (Lipinski definition) is 5. The predicted octanol–water partition coefficient (Wildman–Crippen LogP) is 5.99. The standard InChI is InChI=1S/C22H14F3NO4/c23-22(24,25)29-18-3-1-2-15(12-18)21-19(13-4-8-16(27)9-5-13)20(26-30-21)14-6-10-17(28)11-7-14/h1-12,27-28H. The van der Waals surface area contributed by atoms with Gasteiger partial charge in [0.15, 0.2) is 5.76 Å². The van der Waals surface area contributed by atoms with Crippen molar-refractivity contribution in [2.75, 3.05) is 0 Å². The summed E-state index contributed by atoms with van der Waals surface area (Å²) in [6, 6.07) is 17.9. The van der Waals surface area contributed by atoms with Crippen LogP contribution in [-0.4, -0.2) is 21.7 Å². The average molecular weight is 413 g/mol. The summed E-state index contributed by atoms with van der Waals surface area (Å²) in [5, 5.41) is 23.3. The molecule has 0 radical (unpaired) electrons. The number of aromatic nitrogens is 1. The van der Waals surface area contributed by atoms with E-state index in [9.17, 15) is 23.4 Å². The number of rotatable bonds is 4. The van der Waals surface area contributed by atoms with Gasteiger partial charge in [0, 0.05) is 11.1 Å². The Labute approximate surface area is 168 Å². The van der Waals surface area contributed by atoms with E-state index < -0.39 is 6.36 Å². The molecule has 1 aromatic heterocycles. The Morgan fingerprint density at radius 1 is 0.767 bits per heavy atom. The summed E-state index contributed by atoms with van der Waals surface area (Å²) in [4.78, 5) is 0. The van der Waals surface area contributed by atoms with Crippen LogP contribution in [0.4, 0.5) is 13.2 Å². The molecule has 0 aliphatic rings. The molecular formula is C22H14F3NO4. The lowest BCUT2D eigenvalue weighted by molar-refractivity contribution is -0.274. The number of ether oxygens (including phenoxy) is 1. The first-order chi connectivity index (χ1) is 14.3. The second kappa shape index (κ2) is 7.47. The van der Waals surface area contributed by atoms with Crippen LogP contribution in [0.1, 0.15) is 0 Å². The van der Waals surface area contributed by atoms with Gasteiger partial charge in [0.25, 0.3) is 0 Å². The van der Waals surface area contributed by atoms with Gasteiger partial charge in [0.1, 0.15) is 22.9 Å². The molecule has 30 heavy (non-hydrogen) atoms. The van der Waals surface area contributed by atoms with Crippen molar-refractivity contribution >= 4 is 0 Å². The molecular weight excluding hydrogens is 399 g/mol. The highest BCUT2D eigenvalue weighted by molar-refractivity contribution is 5.90. The Balaban J connectivity index is 1.87. The van der Waals surface area contributed by atoms with E-state index in [0.717, 1.165) is 0 Å². The minimum atomic E-state index is -4.82. The second-order valence-electron chi connectivity index (χ2n) is 6.40. The first kappa shape index (κ1) is 19.4. The molecule has 152 valence electrons. The largest absolute Gasteiger partial charge is 0.573 e. The third kappa shape index (κ3) is 4.07. The smallest absolute Gasteiger partial charge is 0.508 e. The Kier molecular flexibility index (Phi) is 4.83. The van der Waals surface area contributed by atoms with Gasteiger partial charge in [0.2, 0.25) is 0 Å². The first-order valence-corrected chi connectivity index (χ1v) is 8.75. The summed E-state index contributed by atoms with van der Waals surface area (Å²) in [6.45, 7) is 0. The first-order valence-electron chi connectivity index (χ1n) is 8.75. The van der Waals surface area contributed by atoms with E-state index in [-0.39, 0.29) is 23.0 Å². The monoisotopic (exact) mass is 413 g/mol. The van der Waals surface area contributed by atoms with Crippen molar-refractivity contribution in [3.8, 4) is 51.0 Å². The number of benzene rings is 3. The molecule has 4 rings (SSSR count). The van der Waals surface area contributed by atoms with E-state index in [1.807, 2.05) is 0 Å². The van der Waals surface area contributed by atoms with E-state index in [0.29, 0.717) is 27.9 Å². The molecule has 1 heterocycles. The highest BCUT2D eigenvalue weighted by Crippen LogP contribution is 2.41. The fraction of sp³-hybridized carbons (Fsp3) is 0.0455. The Morgan fingerprint density at radius 2 is 1.37 bits per heavy atom. The zero-order chi connectivity index (χ0) is 21.3. The van der Waals surface area contributed by atoms with Crippen molar-refractivity contribution in [2.45, 2.75) is 6.36 Å². The second-order valence-corrected chi connectivity index (χ2v) is 6.40. The number of nitrogens with zero attached hydrogens (tertiary/aromatic N) is 1. The third-order valence-electron chi connectivity index (χ3n) is 4.32. The fourth-order valence-corrected chi connectivity index (χ4v) is 3.03. The molecule has 0 spiro atoms. The fourth-order valence-electron chi connectivity index (χ4n) is 3.03. The number of hydrogen-bond donors (Lipinski definition) is 2. The van der Waals surface area contributed by atoms with Crippen LogP contribution in [0, 0.1) is 0 Å². The lowest BCUT2D eigenvalue weighted by Gasteiger charge is -2.10. The molecule has 8 heteroatoms. The maximum Gasteiger partial charge on any atom is 0.573 e. The molecule has 0 atom stereocenters. The molecule has 0 saturated heterocycles. The molecule has 0 bridgehead atoms. The van der Waals surface area contributed by atoms with Gasteiger partial charge in [-0.1, -0.05) is 29.4 Å². The summed E-state index contributed by atoms with van der Waals surface area (Å²) in [7, 11) is 0. The topological polar surface area (TPSA) is 75.7 Å². The third-order valence-corrected chi connectivity index (χ3v) is 4.32. The van der Waals surface area contributed by atoms with Gasteiger partial charge in [-0.3, -0.25) is 0 Å². The van der Waals surface area contributed by atoms with Gasteiger partial charge in [0.05, 0.1) is 5.56 Å². The summed E-state index contributed by atoms with van der Waals surface area (Å²) in [5.74, 6) is -0.0233. The van der Waals surface area contributed by atoms with Crippen molar-refractivity contribution < 1.29 is 32.6 Å². The van der Waals surface area contributed by atoms with Crippen molar-refractivity contribution in [2.24, 2.45) is 0 Å². The van der Waals surface area contributed by atoms with Crippen LogP contribution in [0.25, 0.3) is 33.7 Å². The van der Waals surface area contributed by atoms with Crippen LogP contribution in [0.3, 0.4) is 0 Å². The van der Waals surface area contributed by atoms with E-state index in [4.69, 9.17) is 4.52 Å². The van der Waals surface area contributed by atoms with Gasteiger partial charge in [-0.15, -0.1) is 13.2 Å². The summed E-state index contributed by atoms with van der Waals surface area (Å²) < 4.78 is 47.4. The summed E-state index contributed by atoms with van der Waals surface area (Å²) in [5.41, 5.74) is 2.54. The highest BCUT2D eigenvalue weighted by Gasteiger charge is 2.31. The highest BCUT2D eigenvalue weighted by atomic mass is 19.4. The number of phenolic OH excluding ortho intramolecular Hbond substituents is 2. The molecule has 2 N–H and O–H groups in total. The molecule has 5 nitrogen and oxygen atoms in total. The number of aromatic hydroxyl groups is 2. The zero-order valence-corrected chi connectivity index (χ0v) is 15.2. The van der Waals surface area contributed by atoms with Crippen LogP contribution in [-0.2, 0) is 0 Å². The molecule has 0 fully saturated rings. The Bertz CT molecular complexity index is 1170. The minimum absolute atomic E-state index is 0.0588. The van der Waals surface area contributed by atoms with Crippen LogP contribution >= 0.6 is 0 Å². The Morgan fingerprint density at radius 3 is 1.97 bits per heavy atom. The molecule has 3 aromatic carbocycles. The molecule has 0 aliphatic heterocycles. The SMILES string of the molecule is Oc1ccc(-c2noc(-c3cccc(OC(F)(F)F)c3)c2-c2ccc(O)cc2)cc1. The van der Waals surface area contributed by atoms with Gasteiger partial charge >= 0.3 is 6.36 Å². The lowest BCUT2D eigenvalue weighted by atomic mass is 9.96. The van der Waals surface area contributed by atoms with Crippen molar-refractivity contribution in [1.29, 1.82) is 0 Å². The quantitative estimate of drug-likeness (QED) is 0.430. The van der Waals surface area contributed by atoms with Crippen molar-refractivity contribution in [3.63, 3.8) is 0 Å². The average Bonchev–Trinajstić information content (AvgIpc) is 3.13. The maximum atomic E-state index is 12.6. The van der Waals surface area contributed by atoms with E-state index >= 15 is 0 Å². The predicted molar refractivity (Wildman–Crippen MR) is 103 cm³/mol. The molecule has 0 unspecified atom stereocenters. The van der Waals surface area contributed by atoms with Gasteiger partial charge in [-0.05, 0) is 54.1 Å². The van der Waals surface area contributed by atoms with Crippen molar-refractivity contribution in [3.05, 3.63) is 72.8 Å².